The van der Waals surface area contributed by atoms with Gasteiger partial charge in [-0.05, 0) is 31.2 Å². The normalized spacial score (nSPS) is 33.4. The first-order valence-corrected chi connectivity index (χ1v) is 13.1. The van der Waals surface area contributed by atoms with Gasteiger partial charge in [-0.25, -0.2) is 0 Å². The molecule has 2 aromatic carbocycles. The van der Waals surface area contributed by atoms with Crippen LogP contribution in [-0.4, -0.2) is 111 Å². The van der Waals surface area contributed by atoms with Crippen LogP contribution < -0.4 is 14.9 Å². The third-order valence-corrected chi connectivity index (χ3v) is 7.31. The SMILES string of the molecule is COc1ccc(-c2cc(=O)c3c(O)cc(O[C@@H]4OC(CO[C@@H]5OC(C)[C@H](O)C(O)C5O)[C@@H](O)C(O)C4O)cc3o2)cc1. The molecule has 0 radical (unpaired) electrons. The Morgan fingerprint density at radius 1 is 0.786 bits per heavy atom. The Bertz CT molecular complexity index is 1440. The van der Waals surface area contributed by atoms with Gasteiger partial charge in [-0.15, -0.1) is 0 Å². The van der Waals surface area contributed by atoms with Crippen LogP contribution in [0.25, 0.3) is 22.3 Å². The van der Waals surface area contributed by atoms with E-state index in [-0.39, 0.29) is 22.5 Å². The molecule has 2 saturated heterocycles. The lowest BCUT2D eigenvalue weighted by molar-refractivity contribution is -0.318. The molecule has 0 aliphatic carbocycles. The van der Waals surface area contributed by atoms with Gasteiger partial charge in [-0.2, -0.15) is 0 Å². The average molecular weight is 593 g/mol. The lowest BCUT2D eigenvalue weighted by atomic mass is 9.98. The van der Waals surface area contributed by atoms with Crippen LogP contribution in [0.2, 0.25) is 0 Å². The molecule has 6 unspecified atom stereocenters. The molecule has 7 N–H and O–H groups in total. The lowest BCUT2D eigenvalue weighted by Crippen LogP contribution is -2.61. The second kappa shape index (κ2) is 12.1. The number of ether oxygens (including phenoxy) is 5. The van der Waals surface area contributed by atoms with Crippen LogP contribution in [0.3, 0.4) is 0 Å². The van der Waals surface area contributed by atoms with E-state index in [1.165, 1.54) is 26.2 Å². The Labute approximate surface area is 238 Å². The summed E-state index contributed by atoms with van der Waals surface area (Å²) in [5.74, 6) is 0.238. The van der Waals surface area contributed by atoms with Crippen molar-refractivity contribution in [1.29, 1.82) is 0 Å². The van der Waals surface area contributed by atoms with Gasteiger partial charge in [0.1, 0.15) is 76.7 Å². The van der Waals surface area contributed by atoms with E-state index in [9.17, 15) is 40.5 Å². The van der Waals surface area contributed by atoms with Gasteiger partial charge in [-0.1, -0.05) is 0 Å². The lowest BCUT2D eigenvalue weighted by Gasteiger charge is -2.42. The summed E-state index contributed by atoms with van der Waals surface area (Å²) in [4.78, 5) is 12.8. The molecule has 2 aliphatic heterocycles. The van der Waals surface area contributed by atoms with Crippen molar-refractivity contribution >= 4 is 11.0 Å². The van der Waals surface area contributed by atoms with Crippen LogP contribution in [0.15, 0.2) is 51.7 Å². The van der Waals surface area contributed by atoms with E-state index < -0.39 is 79.2 Å². The van der Waals surface area contributed by atoms with Gasteiger partial charge in [0.25, 0.3) is 0 Å². The van der Waals surface area contributed by atoms with Crippen molar-refractivity contribution in [3.63, 3.8) is 0 Å². The Kier molecular flexibility index (Phi) is 8.71. The summed E-state index contributed by atoms with van der Waals surface area (Å²) in [6.07, 6.45) is -14.8. The van der Waals surface area contributed by atoms with E-state index in [1.54, 1.807) is 24.3 Å². The molecule has 3 heterocycles. The monoisotopic (exact) mass is 592 g/mol. The summed E-state index contributed by atoms with van der Waals surface area (Å²) in [5, 5.41) is 71.9. The zero-order valence-corrected chi connectivity index (χ0v) is 22.5. The fraction of sp³-hybridized carbons (Fsp3) is 0.464. The highest BCUT2D eigenvalue weighted by Gasteiger charge is 2.47. The number of aliphatic hydroxyl groups is 6. The third-order valence-electron chi connectivity index (χ3n) is 7.31. The minimum absolute atomic E-state index is 0.0348. The first kappa shape index (κ1) is 30.2. The van der Waals surface area contributed by atoms with Crippen LogP contribution >= 0.6 is 0 Å². The van der Waals surface area contributed by atoms with Gasteiger partial charge in [-0.3, -0.25) is 4.79 Å². The van der Waals surface area contributed by atoms with Crippen molar-refractivity contribution in [3.8, 4) is 28.6 Å². The quantitative estimate of drug-likeness (QED) is 0.179. The Hall–Kier alpha value is -3.31. The summed E-state index contributed by atoms with van der Waals surface area (Å²) in [6.45, 7) is 0.984. The number of aliphatic hydroxyl groups excluding tert-OH is 6. The van der Waals surface area contributed by atoms with Crippen molar-refractivity contribution in [2.24, 2.45) is 0 Å². The molecule has 42 heavy (non-hydrogen) atoms. The van der Waals surface area contributed by atoms with Crippen molar-refractivity contribution in [2.45, 2.75) is 68.3 Å². The fourth-order valence-electron chi connectivity index (χ4n) is 4.84. The molecule has 10 atom stereocenters. The largest absolute Gasteiger partial charge is 0.507 e. The molecular weight excluding hydrogens is 560 g/mol. The number of hydrogen-bond acceptors (Lipinski definition) is 14. The molecule has 0 bridgehead atoms. The maximum Gasteiger partial charge on any atom is 0.229 e. The Morgan fingerprint density at radius 2 is 1.45 bits per heavy atom. The highest BCUT2D eigenvalue weighted by Crippen LogP contribution is 2.34. The van der Waals surface area contributed by atoms with Crippen LogP contribution in [0.4, 0.5) is 0 Å². The third kappa shape index (κ3) is 5.81. The van der Waals surface area contributed by atoms with Crippen LogP contribution in [0.5, 0.6) is 17.2 Å². The predicted molar refractivity (Wildman–Crippen MR) is 142 cm³/mol. The van der Waals surface area contributed by atoms with Crippen molar-refractivity contribution in [2.75, 3.05) is 13.7 Å². The fourth-order valence-corrected chi connectivity index (χ4v) is 4.84. The molecule has 0 saturated carbocycles. The van der Waals surface area contributed by atoms with E-state index >= 15 is 0 Å². The van der Waals surface area contributed by atoms with Crippen LogP contribution in [0, 0.1) is 0 Å². The van der Waals surface area contributed by atoms with Crippen LogP contribution in [0.1, 0.15) is 6.92 Å². The molecule has 5 rings (SSSR count). The number of benzene rings is 2. The number of aromatic hydroxyl groups is 1. The molecule has 14 nitrogen and oxygen atoms in total. The maximum atomic E-state index is 12.8. The number of rotatable bonds is 7. The van der Waals surface area contributed by atoms with Crippen molar-refractivity contribution < 1.29 is 63.8 Å². The maximum absolute atomic E-state index is 12.8. The van der Waals surface area contributed by atoms with Gasteiger partial charge in [0, 0.05) is 23.8 Å². The summed E-state index contributed by atoms with van der Waals surface area (Å²) >= 11 is 0. The summed E-state index contributed by atoms with van der Waals surface area (Å²) in [7, 11) is 1.52. The first-order valence-electron chi connectivity index (χ1n) is 13.1. The minimum atomic E-state index is -1.76. The number of fused-ring (bicyclic) bond motifs is 1. The summed E-state index contributed by atoms with van der Waals surface area (Å²) in [6, 6.07) is 10.4. The average Bonchev–Trinajstić information content (AvgIpc) is 2.97. The molecule has 2 aliphatic rings. The van der Waals surface area contributed by atoms with Gasteiger partial charge in [0.2, 0.25) is 6.29 Å². The van der Waals surface area contributed by atoms with Gasteiger partial charge in [0.05, 0.1) is 19.8 Å². The number of phenolic OH excluding ortho intramolecular Hbond substituents is 1. The van der Waals surface area contributed by atoms with E-state index in [0.717, 1.165) is 6.07 Å². The molecule has 2 fully saturated rings. The second-order valence-electron chi connectivity index (χ2n) is 10.2. The zero-order valence-electron chi connectivity index (χ0n) is 22.5. The number of hydrogen-bond donors (Lipinski definition) is 7. The number of phenols is 1. The van der Waals surface area contributed by atoms with Gasteiger partial charge >= 0.3 is 0 Å². The topological polar surface area (TPSA) is 218 Å². The second-order valence-corrected chi connectivity index (χ2v) is 10.2. The van der Waals surface area contributed by atoms with E-state index in [2.05, 4.69) is 0 Å². The Balaban J connectivity index is 1.35. The summed E-state index contributed by atoms with van der Waals surface area (Å²) < 4.78 is 33.2. The Morgan fingerprint density at radius 3 is 2.14 bits per heavy atom. The van der Waals surface area contributed by atoms with Crippen molar-refractivity contribution in [1.82, 2.24) is 0 Å². The molecule has 14 heteroatoms. The highest BCUT2D eigenvalue weighted by atomic mass is 16.7. The zero-order chi connectivity index (χ0) is 30.3. The molecule has 3 aromatic rings. The molecule has 1 aromatic heterocycles. The predicted octanol–water partition coefficient (Wildman–Crippen LogP) is -0.795. The van der Waals surface area contributed by atoms with Gasteiger partial charge in [0.15, 0.2) is 11.7 Å². The molecule has 228 valence electrons. The van der Waals surface area contributed by atoms with E-state index in [0.29, 0.717) is 11.3 Å². The highest BCUT2D eigenvalue weighted by molar-refractivity contribution is 5.86. The molecule has 0 spiro atoms. The standard InChI is InChI=1S/C28H32O14/c1-11-21(31)23(33)25(35)27(39-11)38-10-19-22(32)24(34)26(36)28(42-19)40-14-7-15(29)20-16(30)9-17(41-18(20)8-14)12-3-5-13(37-2)6-4-12/h3-9,11,19,21-29,31-36H,10H2,1-2H3/t11?,19?,21-,22+,23?,24?,25?,26?,27+,28+/m0/s1. The van der Waals surface area contributed by atoms with Crippen molar-refractivity contribution in [3.05, 3.63) is 52.7 Å². The first-order chi connectivity index (χ1) is 20.0. The summed E-state index contributed by atoms with van der Waals surface area (Å²) in [5.41, 5.74) is 0.0115. The number of methoxy groups -OCH3 is 1. The molecular formula is C28H32O14. The van der Waals surface area contributed by atoms with E-state index in [4.69, 9.17) is 28.1 Å². The smallest absolute Gasteiger partial charge is 0.229 e. The van der Waals surface area contributed by atoms with Crippen LogP contribution in [-0.2, 0) is 14.2 Å². The van der Waals surface area contributed by atoms with E-state index in [1.807, 2.05) is 0 Å². The minimum Gasteiger partial charge on any atom is -0.507 e. The molecule has 0 amide bonds. The van der Waals surface area contributed by atoms with Gasteiger partial charge < -0.3 is 63.8 Å².